The summed E-state index contributed by atoms with van der Waals surface area (Å²) in [6.07, 6.45) is 2.12. The van der Waals surface area contributed by atoms with E-state index in [9.17, 15) is 18.8 Å². The molecule has 0 saturated carbocycles. The zero-order valence-electron chi connectivity index (χ0n) is 16.7. The molecule has 29 heavy (non-hydrogen) atoms. The number of H-pyrrole nitrogens is 1. The molecule has 0 spiro atoms. The van der Waals surface area contributed by atoms with Gasteiger partial charge in [0.1, 0.15) is 11.5 Å². The number of halogens is 1. The number of Topliss-reactive ketones (excluding diaryl/α,β-unsaturated/α-hetero) is 1. The maximum Gasteiger partial charge on any atom is 0.270 e. The van der Waals surface area contributed by atoms with E-state index in [0.29, 0.717) is 55.0 Å². The molecule has 7 heteroatoms. The number of benzene rings is 1. The predicted octanol–water partition coefficient (Wildman–Crippen LogP) is 2.89. The van der Waals surface area contributed by atoms with Gasteiger partial charge in [-0.15, -0.1) is 0 Å². The molecule has 4 rings (SSSR count). The molecule has 1 aromatic carbocycles. The largest absolute Gasteiger partial charge is 0.354 e. The van der Waals surface area contributed by atoms with Crippen LogP contribution in [0.1, 0.15) is 60.9 Å². The van der Waals surface area contributed by atoms with Gasteiger partial charge in [-0.2, -0.15) is 0 Å². The third-order valence-corrected chi connectivity index (χ3v) is 5.92. The van der Waals surface area contributed by atoms with Crippen LogP contribution >= 0.6 is 0 Å². The molecule has 2 aliphatic rings. The minimum atomic E-state index is -0.398. The molecule has 0 bridgehead atoms. The van der Waals surface area contributed by atoms with Crippen LogP contribution in [0.4, 0.5) is 4.39 Å². The van der Waals surface area contributed by atoms with Gasteiger partial charge in [-0.3, -0.25) is 14.4 Å². The van der Waals surface area contributed by atoms with E-state index in [-0.39, 0.29) is 17.6 Å². The van der Waals surface area contributed by atoms with Crippen molar-refractivity contribution in [2.45, 2.75) is 33.1 Å². The molecule has 1 fully saturated rings. The number of hydrogen-bond acceptors (Lipinski definition) is 3. The molecule has 6 nitrogen and oxygen atoms in total. The molecule has 0 radical (unpaired) electrons. The Balaban J connectivity index is 1.44. The minimum absolute atomic E-state index is 0.0970. The van der Waals surface area contributed by atoms with Gasteiger partial charge < -0.3 is 14.8 Å². The van der Waals surface area contributed by atoms with Crippen molar-refractivity contribution in [3.05, 3.63) is 57.7 Å². The normalized spacial score (nSPS) is 16.7. The van der Waals surface area contributed by atoms with Gasteiger partial charge in [-0.25, -0.2) is 4.39 Å². The quantitative estimate of drug-likeness (QED) is 0.847. The first-order chi connectivity index (χ1) is 13.9. The number of fused-ring (bicyclic) bond motifs is 1. The number of rotatable bonds is 2. The van der Waals surface area contributed by atoms with E-state index < -0.39 is 5.82 Å². The van der Waals surface area contributed by atoms with Crippen molar-refractivity contribution in [2.24, 2.45) is 0 Å². The van der Waals surface area contributed by atoms with Crippen molar-refractivity contribution < 1.29 is 18.8 Å². The summed E-state index contributed by atoms with van der Waals surface area (Å²) in [5.41, 5.74) is 3.56. The van der Waals surface area contributed by atoms with Gasteiger partial charge in [0.05, 0.1) is 0 Å². The van der Waals surface area contributed by atoms with Crippen LogP contribution in [0.5, 0.6) is 0 Å². The molecule has 2 heterocycles. The summed E-state index contributed by atoms with van der Waals surface area (Å²) < 4.78 is 13.8. The second kappa shape index (κ2) is 7.46. The molecule has 1 aliphatic heterocycles. The summed E-state index contributed by atoms with van der Waals surface area (Å²) >= 11 is 0. The van der Waals surface area contributed by atoms with E-state index in [1.165, 1.54) is 6.07 Å². The molecule has 1 saturated heterocycles. The highest BCUT2D eigenvalue weighted by molar-refractivity contribution is 6.04. The number of amides is 2. The minimum Gasteiger partial charge on any atom is -0.354 e. The first kappa shape index (κ1) is 19.4. The molecule has 0 atom stereocenters. The van der Waals surface area contributed by atoms with Gasteiger partial charge in [0, 0.05) is 49.4 Å². The first-order valence-corrected chi connectivity index (χ1v) is 9.96. The molecule has 2 amide bonds. The highest BCUT2D eigenvalue weighted by Crippen LogP contribution is 2.27. The van der Waals surface area contributed by atoms with E-state index in [1.807, 2.05) is 6.92 Å². The molecule has 1 N–H and O–H groups in total. The average Bonchev–Trinajstić information content (AvgIpc) is 3.07. The van der Waals surface area contributed by atoms with Crippen LogP contribution in [0.3, 0.4) is 0 Å². The van der Waals surface area contributed by atoms with Gasteiger partial charge in [0.15, 0.2) is 5.78 Å². The van der Waals surface area contributed by atoms with Crippen LogP contribution in [0.25, 0.3) is 0 Å². The SMILES string of the molecule is Cc1ccc(C(=O)N2CCN(C(=O)c3[nH]c4c(c3C)C(=O)CCC4)CC2)cc1F. The number of nitrogens with zero attached hydrogens (tertiary/aromatic N) is 2. The Hall–Kier alpha value is -2.96. The van der Waals surface area contributed by atoms with E-state index >= 15 is 0 Å². The van der Waals surface area contributed by atoms with Gasteiger partial charge in [-0.05, 0) is 49.9 Å². The van der Waals surface area contributed by atoms with Crippen molar-refractivity contribution in [3.8, 4) is 0 Å². The molecule has 1 aromatic heterocycles. The van der Waals surface area contributed by atoms with Crippen molar-refractivity contribution in [2.75, 3.05) is 26.2 Å². The number of aromatic nitrogens is 1. The van der Waals surface area contributed by atoms with Gasteiger partial charge in [-0.1, -0.05) is 6.07 Å². The lowest BCUT2D eigenvalue weighted by Crippen LogP contribution is -2.50. The van der Waals surface area contributed by atoms with Crippen molar-refractivity contribution in [1.82, 2.24) is 14.8 Å². The second-order valence-corrected chi connectivity index (χ2v) is 7.80. The lowest BCUT2D eigenvalue weighted by molar-refractivity contribution is 0.0532. The summed E-state index contributed by atoms with van der Waals surface area (Å²) in [6, 6.07) is 4.49. The van der Waals surface area contributed by atoms with E-state index in [1.54, 1.807) is 28.9 Å². The number of carbonyl (C=O) groups is 3. The lowest BCUT2D eigenvalue weighted by Gasteiger charge is -2.34. The van der Waals surface area contributed by atoms with Crippen molar-refractivity contribution in [1.29, 1.82) is 0 Å². The fourth-order valence-electron chi connectivity index (χ4n) is 4.17. The topological polar surface area (TPSA) is 73.5 Å². The van der Waals surface area contributed by atoms with Crippen LogP contribution < -0.4 is 0 Å². The zero-order chi connectivity index (χ0) is 20.7. The fraction of sp³-hybridized carbons (Fsp3) is 0.409. The van der Waals surface area contributed by atoms with Crippen LogP contribution in [-0.2, 0) is 6.42 Å². The Bertz CT molecular complexity index is 1000. The van der Waals surface area contributed by atoms with E-state index in [4.69, 9.17) is 0 Å². The van der Waals surface area contributed by atoms with E-state index in [0.717, 1.165) is 24.1 Å². The molecular formula is C22H24FN3O3. The maximum absolute atomic E-state index is 13.8. The summed E-state index contributed by atoms with van der Waals surface area (Å²) in [6.45, 7) is 5.04. The second-order valence-electron chi connectivity index (χ2n) is 7.80. The first-order valence-electron chi connectivity index (χ1n) is 9.96. The highest BCUT2D eigenvalue weighted by Gasteiger charge is 2.31. The van der Waals surface area contributed by atoms with Crippen molar-refractivity contribution >= 4 is 17.6 Å². The molecule has 2 aromatic rings. The number of aryl methyl sites for hydroxylation is 2. The molecule has 1 aliphatic carbocycles. The molecule has 152 valence electrons. The predicted molar refractivity (Wildman–Crippen MR) is 106 cm³/mol. The standard InChI is InChI=1S/C22H24FN3O3/c1-13-6-7-15(12-16(13)23)21(28)25-8-10-26(11-9-25)22(29)20-14(2)19-17(24-20)4-3-5-18(19)27/h6-7,12,24H,3-5,8-11H2,1-2H3. The summed E-state index contributed by atoms with van der Waals surface area (Å²) in [4.78, 5) is 44.4. The van der Waals surface area contributed by atoms with Crippen molar-refractivity contribution in [3.63, 3.8) is 0 Å². The summed E-state index contributed by atoms with van der Waals surface area (Å²) in [5, 5.41) is 0. The molecule has 0 unspecified atom stereocenters. The number of piperazine rings is 1. The zero-order valence-corrected chi connectivity index (χ0v) is 16.7. The number of carbonyl (C=O) groups excluding carboxylic acids is 3. The van der Waals surface area contributed by atoms with E-state index in [2.05, 4.69) is 4.98 Å². The van der Waals surface area contributed by atoms with Gasteiger partial charge in [0.25, 0.3) is 11.8 Å². The van der Waals surface area contributed by atoms with Crippen LogP contribution in [0.2, 0.25) is 0 Å². The number of ketones is 1. The van der Waals surface area contributed by atoms with Crippen LogP contribution in [0.15, 0.2) is 18.2 Å². The maximum atomic E-state index is 13.8. The highest BCUT2D eigenvalue weighted by atomic mass is 19.1. The Kier molecular flexibility index (Phi) is 4.98. The van der Waals surface area contributed by atoms with Crippen LogP contribution in [0, 0.1) is 19.7 Å². The fourth-order valence-corrected chi connectivity index (χ4v) is 4.17. The molecular weight excluding hydrogens is 373 g/mol. The Morgan fingerprint density at radius 1 is 1.00 bits per heavy atom. The average molecular weight is 397 g/mol. The smallest absolute Gasteiger partial charge is 0.270 e. The Morgan fingerprint density at radius 3 is 2.28 bits per heavy atom. The Morgan fingerprint density at radius 2 is 1.66 bits per heavy atom. The third kappa shape index (κ3) is 3.45. The number of nitrogens with one attached hydrogen (secondary N) is 1. The summed E-state index contributed by atoms with van der Waals surface area (Å²) in [7, 11) is 0. The number of aromatic amines is 1. The van der Waals surface area contributed by atoms with Crippen LogP contribution in [-0.4, -0.2) is 58.6 Å². The monoisotopic (exact) mass is 397 g/mol. The number of hydrogen-bond donors (Lipinski definition) is 1. The summed E-state index contributed by atoms with van der Waals surface area (Å²) in [5.74, 6) is -0.670. The van der Waals surface area contributed by atoms with Gasteiger partial charge >= 0.3 is 0 Å². The van der Waals surface area contributed by atoms with Gasteiger partial charge in [0.2, 0.25) is 0 Å². The third-order valence-electron chi connectivity index (χ3n) is 5.92. The Labute approximate surface area is 168 Å². The lowest BCUT2D eigenvalue weighted by atomic mass is 9.93.